The van der Waals surface area contributed by atoms with Gasteiger partial charge in [0.15, 0.2) is 14.6 Å². The van der Waals surface area contributed by atoms with Crippen LogP contribution in [0, 0.1) is 5.92 Å². The summed E-state index contributed by atoms with van der Waals surface area (Å²) in [5.41, 5.74) is 0.642. The highest BCUT2D eigenvalue weighted by molar-refractivity contribution is 7.92. The summed E-state index contributed by atoms with van der Waals surface area (Å²) in [6, 6.07) is 7.55. The normalized spacial score (nSPS) is 21.1. The highest BCUT2D eigenvalue weighted by Crippen LogP contribution is 2.37. The number of nitrogens with zero attached hydrogens (tertiary/aromatic N) is 1. The van der Waals surface area contributed by atoms with Crippen LogP contribution in [0.15, 0.2) is 29.6 Å². The Bertz CT molecular complexity index is 998. The van der Waals surface area contributed by atoms with Crippen molar-refractivity contribution in [2.24, 2.45) is 5.92 Å². The molecule has 1 aliphatic heterocycles. The number of carbonyl (C=O) groups excluding carboxylic acids is 1. The van der Waals surface area contributed by atoms with Crippen molar-refractivity contribution in [1.29, 1.82) is 0 Å². The fourth-order valence-corrected chi connectivity index (χ4v) is 5.62. The summed E-state index contributed by atoms with van der Waals surface area (Å²) in [6.45, 7) is 2.99. The smallest absolute Gasteiger partial charge is 0.414 e. The number of hydrogen-bond acceptors (Lipinski definition) is 6. The Morgan fingerprint density at radius 3 is 2.74 bits per heavy atom. The van der Waals surface area contributed by atoms with Crippen LogP contribution in [0.25, 0.3) is 10.1 Å². The minimum absolute atomic E-state index is 0.104. The molecule has 1 saturated heterocycles. The maximum atomic E-state index is 12.4. The van der Waals surface area contributed by atoms with E-state index in [0.29, 0.717) is 5.69 Å². The molecule has 7 nitrogen and oxygen atoms in total. The van der Waals surface area contributed by atoms with Crippen molar-refractivity contribution >= 4 is 49.0 Å². The topological polar surface area (TPSA) is 101 Å². The summed E-state index contributed by atoms with van der Waals surface area (Å²) in [5.74, 6) is -2.31. The molecule has 1 aromatic carbocycles. The van der Waals surface area contributed by atoms with Crippen LogP contribution in [-0.2, 0) is 19.4 Å². The van der Waals surface area contributed by atoms with Crippen molar-refractivity contribution in [2.75, 3.05) is 17.7 Å². The largest absolute Gasteiger partial charge is 0.480 e. The second-order valence-electron chi connectivity index (χ2n) is 6.87. The molecular weight excluding hydrogens is 390 g/mol. The molecule has 2 unspecified atom stereocenters. The Kier molecular flexibility index (Phi) is 4.94. The van der Waals surface area contributed by atoms with Gasteiger partial charge in [0, 0.05) is 22.6 Å². The van der Waals surface area contributed by atoms with Crippen molar-refractivity contribution in [3.8, 4) is 0 Å². The van der Waals surface area contributed by atoms with Gasteiger partial charge in [-0.1, -0.05) is 13.0 Å². The van der Waals surface area contributed by atoms with Crippen LogP contribution in [0.4, 0.5) is 10.5 Å². The quantitative estimate of drug-likeness (QED) is 0.784. The molecule has 1 N–H and O–H groups in total. The summed E-state index contributed by atoms with van der Waals surface area (Å²) in [7, 11) is -3.94. The Morgan fingerprint density at radius 2 is 2.15 bits per heavy atom. The molecule has 2 aromatic rings. The molecule has 1 fully saturated rings. The maximum absolute atomic E-state index is 12.4. The van der Waals surface area contributed by atoms with Crippen molar-refractivity contribution in [1.82, 2.24) is 0 Å². The molecular formula is C18H21NO6S2. The zero-order valence-electron chi connectivity index (χ0n) is 15.2. The number of fused-ring (bicyclic) bond motifs is 1. The monoisotopic (exact) mass is 411 g/mol. The van der Waals surface area contributed by atoms with Crippen LogP contribution in [-0.4, -0.2) is 49.2 Å². The summed E-state index contributed by atoms with van der Waals surface area (Å²) < 4.78 is 28.9. The van der Waals surface area contributed by atoms with Gasteiger partial charge in [0.25, 0.3) is 0 Å². The molecule has 3 rings (SSSR count). The molecule has 2 heterocycles. The zero-order valence-corrected chi connectivity index (χ0v) is 16.8. The van der Waals surface area contributed by atoms with E-state index >= 15 is 0 Å². The number of carboxylic acids is 1. The third kappa shape index (κ3) is 3.19. The fraction of sp³-hybridized carbons (Fsp3) is 0.444. The second kappa shape index (κ2) is 6.79. The summed E-state index contributed by atoms with van der Waals surface area (Å²) in [5, 5.41) is 12.7. The van der Waals surface area contributed by atoms with Gasteiger partial charge in [0.05, 0.1) is 6.54 Å². The number of sulfone groups is 1. The minimum Gasteiger partial charge on any atom is -0.480 e. The first kappa shape index (κ1) is 19.6. The van der Waals surface area contributed by atoms with Crippen LogP contribution in [0.3, 0.4) is 0 Å². The van der Waals surface area contributed by atoms with Gasteiger partial charge in [0.1, 0.15) is 6.10 Å². The highest BCUT2D eigenvalue weighted by atomic mass is 32.2. The molecule has 0 spiro atoms. The van der Waals surface area contributed by atoms with E-state index in [1.54, 1.807) is 24.3 Å². The van der Waals surface area contributed by atoms with E-state index < -0.39 is 38.7 Å². The number of ether oxygens (including phenoxy) is 1. The van der Waals surface area contributed by atoms with Crippen LogP contribution in [0.2, 0.25) is 0 Å². The standard InChI is InChI=1S/C18H21NO6S2/c1-4-13(18(2,16(20)21)27(3,23)24)14-10-19(17(22)25-14)12-6-5-11-7-8-26-15(11)9-12/h5-9,13-14H,4,10H2,1-3H3,(H,20,21)/t13?,14-,18?/m1/s1. The average molecular weight is 412 g/mol. The van der Waals surface area contributed by atoms with E-state index in [1.807, 2.05) is 23.6 Å². The lowest BCUT2D eigenvalue weighted by molar-refractivity contribution is -0.142. The average Bonchev–Trinajstić information content (AvgIpc) is 3.19. The number of cyclic esters (lactones) is 1. The Balaban J connectivity index is 1.94. The summed E-state index contributed by atoms with van der Waals surface area (Å²) in [4.78, 5) is 25.7. The Morgan fingerprint density at radius 1 is 1.44 bits per heavy atom. The minimum atomic E-state index is -3.94. The molecule has 1 amide bonds. The van der Waals surface area contributed by atoms with Gasteiger partial charge in [-0.3, -0.25) is 9.69 Å². The molecule has 1 aliphatic rings. The molecule has 0 bridgehead atoms. The second-order valence-corrected chi connectivity index (χ2v) is 10.2. The highest BCUT2D eigenvalue weighted by Gasteiger charge is 2.55. The summed E-state index contributed by atoms with van der Waals surface area (Å²) >= 11 is 1.55. The third-order valence-electron chi connectivity index (χ3n) is 5.38. The number of amides is 1. The van der Waals surface area contributed by atoms with E-state index in [0.717, 1.165) is 16.3 Å². The lowest BCUT2D eigenvalue weighted by Crippen LogP contribution is -2.54. The predicted octanol–water partition coefficient (Wildman–Crippen LogP) is 3.14. The molecule has 9 heteroatoms. The first-order valence-electron chi connectivity index (χ1n) is 8.48. The number of anilines is 1. The molecule has 3 atom stereocenters. The van der Waals surface area contributed by atoms with E-state index in [4.69, 9.17) is 4.74 Å². The van der Waals surface area contributed by atoms with Crippen molar-refractivity contribution in [3.63, 3.8) is 0 Å². The number of benzene rings is 1. The first-order chi connectivity index (χ1) is 12.6. The van der Waals surface area contributed by atoms with Gasteiger partial charge >= 0.3 is 12.1 Å². The van der Waals surface area contributed by atoms with Gasteiger partial charge in [-0.2, -0.15) is 0 Å². The van der Waals surface area contributed by atoms with E-state index in [1.165, 1.54) is 11.8 Å². The SMILES string of the molecule is CCC([C@H]1CN(c2ccc3ccsc3c2)C(=O)O1)C(C)(C(=O)O)S(C)(=O)=O. The molecule has 146 valence electrons. The van der Waals surface area contributed by atoms with E-state index in [9.17, 15) is 23.1 Å². The number of hydrogen-bond donors (Lipinski definition) is 1. The van der Waals surface area contributed by atoms with Gasteiger partial charge in [-0.05, 0) is 42.3 Å². The van der Waals surface area contributed by atoms with Crippen LogP contribution < -0.4 is 4.90 Å². The van der Waals surface area contributed by atoms with E-state index in [2.05, 4.69) is 0 Å². The molecule has 1 aromatic heterocycles. The number of aliphatic carboxylic acids is 1. The molecule has 0 saturated carbocycles. The van der Waals surface area contributed by atoms with Gasteiger partial charge in [0.2, 0.25) is 0 Å². The number of rotatable bonds is 6. The molecule has 27 heavy (non-hydrogen) atoms. The van der Waals surface area contributed by atoms with Crippen molar-refractivity contribution < 1.29 is 27.9 Å². The lowest BCUT2D eigenvalue weighted by Gasteiger charge is -2.34. The Labute approximate surface area is 161 Å². The number of carboxylic acid groups (broad SMARTS) is 1. The predicted molar refractivity (Wildman–Crippen MR) is 104 cm³/mol. The summed E-state index contributed by atoms with van der Waals surface area (Å²) in [6.07, 6.45) is -0.290. The van der Waals surface area contributed by atoms with Gasteiger partial charge in [-0.25, -0.2) is 13.2 Å². The van der Waals surface area contributed by atoms with Crippen LogP contribution in [0.1, 0.15) is 20.3 Å². The molecule has 0 radical (unpaired) electrons. The van der Waals surface area contributed by atoms with Crippen molar-refractivity contribution in [2.45, 2.75) is 31.1 Å². The van der Waals surface area contributed by atoms with Gasteiger partial charge < -0.3 is 9.84 Å². The van der Waals surface area contributed by atoms with Gasteiger partial charge in [-0.15, -0.1) is 11.3 Å². The zero-order chi connectivity index (χ0) is 20.0. The van der Waals surface area contributed by atoms with Crippen LogP contribution in [0.5, 0.6) is 0 Å². The third-order valence-corrected chi connectivity index (χ3v) is 8.28. The Hall–Kier alpha value is -2.13. The maximum Gasteiger partial charge on any atom is 0.414 e. The fourth-order valence-electron chi connectivity index (χ4n) is 3.62. The van der Waals surface area contributed by atoms with E-state index in [-0.39, 0.29) is 13.0 Å². The van der Waals surface area contributed by atoms with Crippen LogP contribution >= 0.6 is 11.3 Å². The lowest BCUT2D eigenvalue weighted by atomic mass is 9.85. The number of thiophene rings is 1. The molecule has 0 aliphatic carbocycles. The van der Waals surface area contributed by atoms with Crippen molar-refractivity contribution in [3.05, 3.63) is 29.6 Å². The first-order valence-corrected chi connectivity index (χ1v) is 11.2. The number of carbonyl (C=O) groups is 2.